The molecule has 5 nitrogen and oxygen atoms in total. The van der Waals surface area contributed by atoms with Gasteiger partial charge < -0.3 is 15.0 Å². The Bertz CT molecular complexity index is 946. The van der Waals surface area contributed by atoms with E-state index in [4.69, 9.17) is 4.74 Å². The van der Waals surface area contributed by atoms with E-state index in [0.29, 0.717) is 0 Å². The van der Waals surface area contributed by atoms with Gasteiger partial charge in [0.15, 0.2) is 0 Å². The summed E-state index contributed by atoms with van der Waals surface area (Å²) >= 11 is 0. The molecule has 0 aliphatic carbocycles. The maximum Gasteiger partial charge on any atom is 0.419 e. The van der Waals surface area contributed by atoms with Crippen LogP contribution in [0.1, 0.15) is 17.0 Å². The first kappa shape index (κ1) is 20.6. The number of para-hydroxylation sites is 2. The highest BCUT2D eigenvalue weighted by molar-refractivity contribution is 6.08. The minimum atomic E-state index is -4.67. The molecule has 1 heterocycles. The minimum absolute atomic E-state index is 0.0197. The molecule has 1 saturated heterocycles. The predicted molar refractivity (Wildman–Crippen MR) is 96.9 cm³/mol. The molecule has 29 heavy (non-hydrogen) atoms. The van der Waals surface area contributed by atoms with Gasteiger partial charge in [0.25, 0.3) is 0 Å². The van der Waals surface area contributed by atoms with Crippen molar-refractivity contribution >= 4 is 17.5 Å². The predicted octanol–water partition coefficient (Wildman–Crippen LogP) is 3.66. The van der Waals surface area contributed by atoms with Gasteiger partial charge in [0, 0.05) is 25.1 Å². The van der Waals surface area contributed by atoms with Crippen LogP contribution in [0.15, 0.2) is 42.5 Å². The van der Waals surface area contributed by atoms with Crippen molar-refractivity contribution < 1.29 is 31.9 Å². The zero-order valence-corrected chi connectivity index (χ0v) is 15.6. The third kappa shape index (κ3) is 3.90. The topological polar surface area (TPSA) is 58.6 Å². The van der Waals surface area contributed by atoms with Gasteiger partial charge in [0.05, 0.1) is 18.4 Å². The molecule has 0 bridgehead atoms. The zero-order valence-electron chi connectivity index (χ0n) is 15.6. The van der Waals surface area contributed by atoms with Gasteiger partial charge in [-0.2, -0.15) is 13.2 Å². The second kappa shape index (κ2) is 7.73. The maximum absolute atomic E-state index is 13.9. The van der Waals surface area contributed by atoms with Gasteiger partial charge in [-0.05, 0) is 18.2 Å². The summed E-state index contributed by atoms with van der Waals surface area (Å²) in [6.45, 7) is 0.0197. The molecule has 2 atom stereocenters. The number of carbonyl (C=O) groups is 2. The molecule has 1 aliphatic rings. The normalized spacial score (nSPS) is 19.4. The van der Waals surface area contributed by atoms with E-state index in [0.717, 1.165) is 19.2 Å². The van der Waals surface area contributed by atoms with Crippen molar-refractivity contribution in [2.45, 2.75) is 12.1 Å². The van der Waals surface area contributed by atoms with E-state index < -0.39 is 47.0 Å². The van der Waals surface area contributed by atoms with Crippen LogP contribution in [0.2, 0.25) is 0 Å². The number of anilines is 1. The average molecular weight is 410 g/mol. The SMILES string of the molecule is COc1c([C@H]2CN(C)C(=O)[C@@H]2C(=O)Nc2ccccc2F)cccc1C(F)(F)F. The van der Waals surface area contributed by atoms with Crippen LogP contribution in [-0.2, 0) is 15.8 Å². The second-order valence-corrected chi connectivity index (χ2v) is 6.70. The number of hydrogen-bond acceptors (Lipinski definition) is 3. The molecule has 0 aromatic heterocycles. The number of rotatable bonds is 4. The van der Waals surface area contributed by atoms with Crippen LogP contribution in [0.25, 0.3) is 0 Å². The summed E-state index contributed by atoms with van der Waals surface area (Å²) in [5.41, 5.74) is -1.02. The number of carbonyl (C=O) groups excluding carboxylic acids is 2. The third-order valence-corrected chi connectivity index (χ3v) is 4.88. The molecule has 9 heteroatoms. The summed E-state index contributed by atoms with van der Waals surface area (Å²) in [5, 5.41) is 2.36. The lowest BCUT2D eigenvalue weighted by atomic mass is 9.86. The van der Waals surface area contributed by atoms with Crippen LogP contribution in [0.4, 0.5) is 23.2 Å². The number of likely N-dealkylation sites (N-methyl/N-ethyl adjacent to an activating group) is 1. The Labute approximate surface area is 164 Å². The molecule has 0 unspecified atom stereocenters. The van der Waals surface area contributed by atoms with Crippen LogP contribution in [0, 0.1) is 11.7 Å². The first-order valence-electron chi connectivity index (χ1n) is 8.69. The van der Waals surface area contributed by atoms with Crippen molar-refractivity contribution in [1.82, 2.24) is 4.90 Å². The van der Waals surface area contributed by atoms with Crippen molar-refractivity contribution in [1.29, 1.82) is 0 Å². The summed E-state index contributed by atoms with van der Waals surface area (Å²) in [7, 11) is 2.55. The van der Waals surface area contributed by atoms with Gasteiger partial charge >= 0.3 is 6.18 Å². The van der Waals surface area contributed by atoms with E-state index >= 15 is 0 Å². The Hall–Kier alpha value is -3.10. The molecule has 1 N–H and O–H groups in total. The fourth-order valence-corrected chi connectivity index (χ4v) is 3.54. The smallest absolute Gasteiger partial charge is 0.419 e. The molecule has 1 fully saturated rings. The molecule has 0 spiro atoms. The van der Waals surface area contributed by atoms with Crippen molar-refractivity contribution in [3.8, 4) is 5.75 Å². The van der Waals surface area contributed by atoms with Crippen LogP contribution in [0.3, 0.4) is 0 Å². The van der Waals surface area contributed by atoms with E-state index in [2.05, 4.69) is 5.32 Å². The Morgan fingerprint density at radius 2 is 1.86 bits per heavy atom. The minimum Gasteiger partial charge on any atom is -0.496 e. The van der Waals surface area contributed by atoms with E-state index in [1.807, 2.05) is 0 Å². The molecule has 0 radical (unpaired) electrons. The van der Waals surface area contributed by atoms with E-state index in [9.17, 15) is 27.2 Å². The van der Waals surface area contributed by atoms with E-state index in [1.54, 1.807) is 0 Å². The molecule has 154 valence electrons. The summed E-state index contributed by atoms with van der Waals surface area (Å²) in [6.07, 6.45) is -4.67. The average Bonchev–Trinajstić information content (AvgIpc) is 2.97. The lowest BCUT2D eigenvalue weighted by Crippen LogP contribution is -2.33. The number of ether oxygens (including phenoxy) is 1. The Kier molecular flexibility index (Phi) is 5.50. The molecule has 0 saturated carbocycles. The molecule has 1 aliphatic heterocycles. The first-order chi connectivity index (χ1) is 13.6. The lowest BCUT2D eigenvalue weighted by molar-refractivity contribution is -0.139. The number of benzene rings is 2. The van der Waals surface area contributed by atoms with Crippen LogP contribution >= 0.6 is 0 Å². The standard InChI is InChI=1S/C20H18F4N2O3/c1-26-10-12(11-6-5-7-13(17(11)29-2)20(22,23)24)16(19(26)28)18(27)25-15-9-4-3-8-14(15)21/h3-9,12,16H,10H2,1-2H3,(H,25,27)/t12-,16+/m1/s1. The highest BCUT2D eigenvalue weighted by atomic mass is 19.4. The molecular formula is C20H18F4N2O3. The maximum atomic E-state index is 13.9. The number of methoxy groups -OCH3 is 1. The summed E-state index contributed by atoms with van der Waals surface area (Å²) in [6, 6.07) is 8.90. The van der Waals surface area contributed by atoms with Gasteiger partial charge in [-0.15, -0.1) is 0 Å². The number of amides is 2. The fourth-order valence-electron chi connectivity index (χ4n) is 3.54. The number of hydrogen-bond donors (Lipinski definition) is 1. The summed E-state index contributed by atoms with van der Waals surface area (Å²) in [4.78, 5) is 26.7. The molecule has 2 aromatic carbocycles. The number of likely N-dealkylation sites (tertiary alicyclic amines) is 1. The van der Waals surface area contributed by atoms with Crippen LogP contribution in [0.5, 0.6) is 5.75 Å². The quantitative estimate of drug-likeness (QED) is 0.618. The van der Waals surface area contributed by atoms with E-state index in [1.165, 1.54) is 42.3 Å². The molecule has 2 amide bonds. The zero-order chi connectivity index (χ0) is 21.3. The van der Waals surface area contributed by atoms with Crippen molar-refractivity contribution in [2.24, 2.45) is 5.92 Å². The second-order valence-electron chi connectivity index (χ2n) is 6.70. The summed E-state index contributed by atoms with van der Waals surface area (Å²) < 4.78 is 59.0. The number of alkyl halides is 3. The van der Waals surface area contributed by atoms with E-state index in [-0.39, 0.29) is 17.8 Å². The van der Waals surface area contributed by atoms with Crippen LogP contribution < -0.4 is 10.1 Å². The summed E-state index contributed by atoms with van der Waals surface area (Å²) in [5.74, 6) is -4.70. The van der Waals surface area contributed by atoms with Crippen LogP contribution in [-0.4, -0.2) is 37.4 Å². The Morgan fingerprint density at radius 1 is 1.17 bits per heavy atom. The monoisotopic (exact) mass is 410 g/mol. The van der Waals surface area contributed by atoms with Gasteiger partial charge in [-0.25, -0.2) is 4.39 Å². The number of nitrogens with zero attached hydrogens (tertiary/aromatic N) is 1. The lowest BCUT2D eigenvalue weighted by Gasteiger charge is -2.22. The molecule has 2 aromatic rings. The van der Waals surface area contributed by atoms with Gasteiger partial charge in [0.1, 0.15) is 17.5 Å². The van der Waals surface area contributed by atoms with Crippen molar-refractivity contribution in [2.75, 3.05) is 26.0 Å². The fraction of sp³-hybridized carbons (Fsp3) is 0.300. The number of nitrogens with one attached hydrogen (secondary N) is 1. The molecule has 3 rings (SSSR count). The third-order valence-electron chi connectivity index (χ3n) is 4.88. The molecular weight excluding hydrogens is 392 g/mol. The van der Waals surface area contributed by atoms with Crippen molar-refractivity contribution in [3.05, 3.63) is 59.4 Å². The highest BCUT2D eigenvalue weighted by Crippen LogP contribution is 2.44. The van der Waals surface area contributed by atoms with Gasteiger partial charge in [0.2, 0.25) is 11.8 Å². The number of halogens is 4. The largest absolute Gasteiger partial charge is 0.496 e. The van der Waals surface area contributed by atoms with Gasteiger partial charge in [-0.3, -0.25) is 9.59 Å². The van der Waals surface area contributed by atoms with Crippen molar-refractivity contribution in [3.63, 3.8) is 0 Å². The highest BCUT2D eigenvalue weighted by Gasteiger charge is 2.46. The van der Waals surface area contributed by atoms with Gasteiger partial charge in [-0.1, -0.05) is 24.3 Å². The Morgan fingerprint density at radius 3 is 2.48 bits per heavy atom. The first-order valence-corrected chi connectivity index (χ1v) is 8.69. The Balaban J connectivity index is 2.01.